The summed E-state index contributed by atoms with van der Waals surface area (Å²) in [5, 5.41) is 1.19. The Hall–Kier alpha value is -2.89. The Kier molecular flexibility index (Phi) is 4.92. The molecule has 2 aromatic heterocycles. The van der Waals surface area contributed by atoms with Crippen LogP contribution in [0.1, 0.15) is 55.2 Å². The molecule has 1 aromatic carbocycles. The molecule has 1 aliphatic heterocycles. The lowest BCUT2D eigenvalue weighted by Gasteiger charge is -2.31. The van der Waals surface area contributed by atoms with Crippen molar-refractivity contribution >= 4 is 16.8 Å². The minimum absolute atomic E-state index is 0.0974. The van der Waals surface area contributed by atoms with E-state index >= 15 is 0 Å². The topological polar surface area (TPSA) is 60.3 Å². The molecule has 1 saturated heterocycles. The number of amides is 1. The lowest BCUT2D eigenvalue weighted by molar-refractivity contribution is 0.0586. The molecule has 3 heterocycles. The first-order valence-corrected chi connectivity index (χ1v) is 10.6. The summed E-state index contributed by atoms with van der Waals surface area (Å²) in [6, 6.07) is 10.9. The van der Waals surface area contributed by atoms with Crippen LogP contribution in [0.3, 0.4) is 0 Å². The standard InChI is InChI=1S/C23H26N4O2/c28-23(22-24-12-4-13-25-22)26-14-9-18(10-15-26)29-21-8-3-7-20-19(21)11-16-27(20)17-5-1-2-6-17/h3-4,7-8,11-13,16-18H,1-2,5-6,9-10,14-15H2. The number of nitrogens with zero attached hydrogens (tertiary/aromatic N) is 4. The van der Waals surface area contributed by atoms with Crippen molar-refractivity contribution in [3.05, 3.63) is 54.7 Å². The summed E-state index contributed by atoms with van der Waals surface area (Å²) in [7, 11) is 0. The maximum atomic E-state index is 12.5. The molecule has 0 unspecified atom stereocenters. The highest BCUT2D eigenvalue weighted by molar-refractivity contribution is 5.90. The molecule has 0 N–H and O–H groups in total. The number of ether oxygens (including phenoxy) is 1. The number of likely N-dealkylation sites (tertiary alicyclic amines) is 1. The second-order valence-corrected chi connectivity index (χ2v) is 8.03. The third-order valence-electron chi connectivity index (χ3n) is 6.22. The van der Waals surface area contributed by atoms with Crippen molar-refractivity contribution in [1.82, 2.24) is 19.4 Å². The van der Waals surface area contributed by atoms with Crippen LogP contribution in [0.5, 0.6) is 5.75 Å². The van der Waals surface area contributed by atoms with E-state index < -0.39 is 0 Å². The van der Waals surface area contributed by atoms with Crippen LogP contribution < -0.4 is 4.74 Å². The first kappa shape index (κ1) is 18.2. The summed E-state index contributed by atoms with van der Waals surface area (Å²) in [6.45, 7) is 1.33. The molecular formula is C23H26N4O2. The van der Waals surface area contributed by atoms with Gasteiger partial charge in [-0.05, 0) is 37.1 Å². The van der Waals surface area contributed by atoms with E-state index in [1.54, 1.807) is 18.5 Å². The second kappa shape index (κ2) is 7.85. The zero-order valence-electron chi connectivity index (χ0n) is 16.5. The fraction of sp³-hybridized carbons (Fsp3) is 0.435. The van der Waals surface area contributed by atoms with Gasteiger partial charge in [0.15, 0.2) is 0 Å². The molecule has 0 radical (unpaired) electrons. The van der Waals surface area contributed by atoms with Crippen molar-refractivity contribution < 1.29 is 9.53 Å². The van der Waals surface area contributed by atoms with Gasteiger partial charge in [0.2, 0.25) is 5.82 Å². The van der Waals surface area contributed by atoms with Gasteiger partial charge in [-0.1, -0.05) is 18.9 Å². The molecule has 6 nitrogen and oxygen atoms in total. The third-order valence-corrected chi connectivity index (χ3v) is 6.22. The molecule has 0 spiro atoms. The van der Waals surface area contributed by atoms with E-state index in [2.05, 4.69) is 45.0 Å². The van der Waals surface area contributed by atoms with Crippen molar-refractivity contribution in [1.29, 1.82) is 0 Å². The van der Waals surface area contributed by atoms with Crippen LogP contribution in [0.15, 0.2) is 48.9 Å². The van der Waals surface area contributed by atoms with E-state index in [1.165, 1.54) is 36.6 Å². The number of hydrogen-bond acceptors (Lipinski definition) is 4. The second-order valence-electron chi connectivity index (χ2n) is 8.03. The average molecular weight is 390 g/mol. The van der Waals surface area contributed by atoms with Crippen LogP contribution in [-0.2, 0) is 0 Å². The van der Waals surface area contributed by atoms with Gasteiger partial charge in [0.05, 0.1) is 5.52 Å². The fourth-order valence-corrected chi connectivity index (χ4v) is 4.67. The van der Waals surface area contributed by atoms with Crippen molar-refractivity contribution in [2.24, 2.45) is 0 Å². The van der Waals surface area contributed by atoms with E-state index in [0.29, 0.717) is 19.1 Å². The molecule has 0 bridgehead atoms. The number of rotatable bonds is 4. The minimum Gasteiger partial charge on any atom is -0.490 e. The lowest BCUT2D eigenvalue weighted by Crippen LogP contribution is -2.42. The molecule has 1 amide bonds. The number of carbonyl (C=O) groups is 1. The minimum atomic E-state index is -0.0974. The Morgan fingerprint density at radius 3 is 2.48 bits per heavy atom. The first-order valence-electron chi connectivity index (χ1n) is 10.6. The lowest BCUT2D eigenvalue weighted by atomic mass is 10.1. The molecule has 150 valence electrons. The highest BCUT2D eigenvalue weighted by Gasteiger charge is 2.26. The Balaban J connectivity index is 1.26. The Morgan fingerprint density at radius 1 is 0.966 bits per heavy atom. The van der Waals surface area contributed by atoms with Crippen LogP contribution in [0, 0.1) is 0 Å². The summed E-state index contributed by atoms with van der Waals surface area (Å²) in [5.74, 6) is 1.13. The van der Waals surface area contributed by atoms with E-state index in [4.69, 9.17) is 4.74 Å². The van der Waals surface area contributed by atoms with Crippen LogP contribution in [0.25, 0.3) is 10.9 Å². The smallest absolute Gasteiger partial charge is 0.291 e. The highest BCUT2D eigenvalue weighted by atomic mass is 16.5. The predicted octanol–water partition coefficient (Wildman–Crippen LogP) is 4.23. The van der Waals surface area contributed by atoms with Gasteiger partial charge in [0, 0.05) is 55.9 Å². The molecule has 2 fully saturated rings. The summed E-state index contributed by atoms with van der Waals surface area (Å²) >= 11 is 0. The number of fused-ring (bicyclic) bond motifs is 1. The molecule has 6 heteroatoms. The number of piperidine rings is 1. The van der Waals surface area contributed by atoms with Crippen molar-refractivity contribution in [3.63, 3.8) is 0 Å². The summed E-state index contributed by atoms with van der Waals surface area (Å²) < 4.78 is 8.82. The van der Waals surface area contributed by atoms with Crippen LogP contribution in [0.2, 0.25) is 0 Å². The van der Waals surface area contributed by atoms with Gasteiger partial charge in [-0.25, -0.2) is 9.97 Å². The zero-order valence-corrected chi connectivity index (χ0v) is 16.5. The molecule has 3 aromatic rings. The number of benzene rings is 1. The Labute approximate surface area is 170 Å². The Bertz CT molecular complexity index is 987. The Morgan fingerprint density at radius 2 is 1.72 bits per heavy atom. The summed E-state index contributed by atoms with van der Waals surface area (Å²) in [4.78, 5) is 22.5. The fourth-order valence-electron chi connectivity index (χ4n) is 4.67. The van der Waals surface area contributed by atoms with Gasteiger partial charge >= 0.3 is 0 Å². The van der Waals surface area contributed by atoms with Gasteiger partial charge in [-0.15, -0.1) is 0 Å². The van der Waals surface area contributed by atoms with Crippen LogP contribution in [-0.4, -0.2) is 44.5 Å². The van der Waals surface area contributed by atoms with Gasteiger partial charge in [-0.2, -0.15) is 0 Å². The maximum Gasteiger partial charge on any atom is 0.291 e. The molecule has 2 aliphatic rings. The summed E-state index contributed by atoms with van der Waals surface area (Å²) in [6.07, 6.45) is 12.4. The highest BCUT2D eigenvalue weighted by Crippen LogP contribution is 2.36. The van der Waals surface area contributed by atoms with Crippen molar-refractivity contribution in [2.45, 2.75) is 50.7 Å². The van der Waals surface area contributed by atoms with E-state index in [0.717, 1.165) is 18.6 Å². The summed E-state index contributed by atoms with van der Waals surface area (Å²) in [5.41, 5.74) is 1.27. The quantitative estimate of drug-likeness (QED) is 0.669. The molecule has 29 heavy (non-hydrogen) atoms. The molecule has 0 atom stereocenters. The number of carbonyl (C=O) groups excluding carboxylic acids is 1. The first-order chi connectivity index (χ1) is 14.3. The van der Waals surface area contributed by atoms with E-state index in [9.17, 15) is 4.79 Å². The van der Waals surface area contributed by atoms with E-state index in [1.807, 2.05) is 4.90 Å². The zero-order chi connectivity index (χ0) is 19.6. The van der Waals surface area contributed by atoms with Crippen molar-refractivity contribution in [3.8, 4) is 5.75 Å². The number of hydrogen-bond donors (Lipinski definition) is 0. The largest absolute Gasteiger partial charge is 0.490 e. The van der Waals surface area contributed by atoms with Gasteiger partial charge in [0.25, 0.3) is 5.91 Å². The van der Waals surface area contributed by atoms with E-state index in [-0.39, 0.29) is 17.8 Å². The van der Waals surface area contributed by atoms with Gasteiger partial charge in [0.1, 0.15) is 11.9 Å². The maximum absolute atomic E-state index is 12.5. The van der Waals surface area contributed by atoms with Gasteiger partial charge in [-0.3, -0.25) is 4.79 Å². The monoisotopic (exact) mass is 390 g/mol. The SMILES string of the molecule is O=C(c1ncccn1)N1CCC(Oc2cccc3c2ccn3C2CCCC2)CC1. The molecule has 5 rings (SSSR count). The molecule has 1 saturated carbocycles. The van der Waals surface area contributed by atoms with Crippen molar-refractivity contribution in [2.75, 3.05) is 13.1 Å². The van der Waals surface area contributed by atoms with Gasteiger partial charge < -0.3 is 14.2 Å². The van der Waals surface area contributed by atoms with Crippen LogP contribution >= 0.6 is 0 Å². The molecule has 1 aliphatic carbocycles. The normalized spacial score (nSPS) is 18.4. The van der Waals surface area contributed by atoms with Crippen LogP contribution in [0.4, 0.5) is 0 Å². The third kappa shape index (κ3) is 3.59. The molecular weight excluding hydrogens is 364 g/mol. The number of aromatic nitrogens is 3. The predicted molar refractivity (Wildman–Crippen MR) is 111 cm³/mol. The average Bonchev–Trinajstić information content (AvgIpc) is 3.44.